The van der Waals surface area contributed by atoms with Gasteiger partial charge in [0.15, 0.2) is 0 Å². The van der Waals surface area contributed by atoms with Gasteiger partial charge in [0, 0.05) is 29.5 Å². The van der Waals surface area contributed by atoms with Crippen LogP contribution in [0.3, 0.4) is 0 Å². The molecule has 0 radical (unpaired) electrons. The number of fused-ring (bicyclic) bond motifs is 1. The van der Waals surface area contributed by atoms with E-state index in [1.807, 2.05) is 18.3 Å². The van der Waals surface area contributed by atoms with Crippen LogP contribution in [0.2, 0.25) is 0 Å². The maximum absolute atomic E-state index is 9.78. The van der Waals surface area contributed by atoms with Gasteiger partial charge in [-0.3, -0.25) is 0 Å². The van der Waals surface area contributed by atoms with Gasteiger partial charge < -0.3 is 19.9 Å². The van der Waals surface area contributed by atoms with Gasteiger partial charge in [-0.1, -0.05) is 0 Å². The van der Waals surface area contributed by atoms with E-state index in [1.165, 1.54) is 29.7 Å². The molecule has 20 heavy (non-hydrogen) atoms. The molecule has 1 unspecified atom stereocenters. The van der Waals surface area contributed by atoms with Gasteiger partial charge in [0.05, 0.1) is 25.9 Å². The molecule has 1 heterocycles. The average molecular weight is 299 g/mol. The zero-order valence-electron chi connectivity index (χ0n) is 12.2. The third-order valence-corrected chi connectivity index (χ3v) is 4.60. The topological polar surface area (TPSA) is 50.7 Å². The molecule has 2 rings (SSSR count). The number of aryl methyl sites for hydroxylation is 2. The Labute approximate surface area is 125 Å². The molecule has 1 aliphatic carbocycles. The van der Waals surface area contributed by atoms with Crippen molar-refractivity contribution >= 4 is 11.3 Å². The summed E-state index contributed by atoms with van der Waals surface area (Å²) >= 11 is 1.91. The summed E-state index contributed by atoms with van der Waals surface area (Å²) in [6, 6.07) is 2.31. The molecule has 0 aliphatic heterocycles. The van der Waals surface area contributed by atoms with E-state index in [2.05, 4.69) is 11.4 Å². The Morgan fingerprint density at radius 1 is 1.35 bits per heavy atom. The fraction of sp³-hybridized carbons (Fsp3) is 0.733. The Morgan fingerprint density at radius 3 is 3.00 bits per heavy atom. The first-order valence-electron chi connectivity index (χ1n) is 7.44. The normalized spacial score (nSPS) is 15.5. The lowest BCUT2D eigenvalue weighted by Gasteiger charge is -2.12. The van der Waals surface area contributed by atoms with E-state index in [9.17, 15) is 5.11 Å². The van der Waals surface area contributed by atoms with Crippen molar-refractivity contribution in [1.29, 1.82) is 0 Å². The van der Waals surface area contributed by atoms with Crippen molar-refractivity contribution < 1.29 is 14.6 Å². The van der Waals surface area contributed by atoms with Crippen LogP contribution in [-0.4, -0.2) is 44.2 Å². The SMILES string of the molecule is CCOCCOCC(O)CNCc1cc2c(s1)CCC2. The lowest BCUT2D eigenvalue weighted by Crippen LogP contribution is -2.30. The van der Waals surface area contributed by atoms with Crippen molar-refractivity contribution in [3.63, 3.8) is 0 Å². The number of aliphatic hydroxyl groups is 1. The monoisotopic (exact) mass is 299 g/mol. The van der Waals surface area contributed by atoms with Crippen molar-refractivity contribution in [2.75, 3.05) is 33.0 Å². The standard InChI is InChI=1S/C15H25NO3S/c1-2-18-6-7-19-11-13(17)9-16-10-14-8-12-4-3-5-15(12)20-14/h8,13,16-17H,2-7,9-11H2,1H3. The zero-order chi connectivity index (χ0) is 14.2. The summed E-state index contributed by atoms with van der Waals surface area (Å²) in [6.07, 6.45) is 3.34. The maximum Gasteiger partial charge on any atom is 0.0897 e. The molecule has 1 aliphatic rings. The smallest absolute Gasteiger partial charge is 0.0897 e. The molecule has 0 fully saturated rings. The highest BCUT2D eigenvalue weighted by molar-refractivity contribution is 7.12. The van der Waals surface area contributed by atoms with Gasteiger partial charge in [-0.05, 0) is 37.8 Å². The lowest BCUT2D eigenvalue weighted by molar-refractivity contribution is 0.00644. The Morgan fingerprint density at radius 2 is 2.20 bits per heavy atom. The first kappa shape index (κ1) is 15.9. The second kappa shape index (κ2) is 8.74. The molecule has 0 saturated heterocycles. The highest BCUT2D eigenvalue weighted by Crippen LogP contribution is 2.30. The fourth-order valence-electron chi connectivity index (χ4n) is 2.38. The molecule has 4 nitrogen and oxygen atoms in total. The van der Waals surface area contributed by atoms with Crippen LogP contribution in [0, 0.1) is 0 Å². The molecular weight excluding hydrogens is 274 g/mol. The quantitative estimate of drug-likeness (QED) is 0.646. The van der Waals surface area contributed by atoms with E-state index in [4.69, 9.17) is 9.47 Å². The van der Waals surface area contributed by atoms with E-state index in [0.29, 0.717) is 33.0 Å². The molecule has 0 spiro atoms. The van der Waals surface area contributed by atoms with Gasteiger partial charge in [0.1, 0.15) is 0 Å². The average Bonchev–Trinajstić information content (AvgIpc) is 2.99. The maximum atomic E-state index is 9.78. The van der Waals surface area contributed by atoms with Gasteiger partial charge in [-0.15, -0.1) is 11.3 Å². The summed E-state index contributed by atoms with van der Waals surface area (Å²) in [5.41, 5.74) is 1.53. The van der Waals surface area contributed by atoms with E-state index in [1.54, 1.807) is 4.88 Å². The Balaban J connectivity index is 1.53. The van der Waals surface area contributed by atoms with E-state index in [0.717, 1.165) is 6.54 Å². The summed E-state index contributed by atoms with van der Waals surface area (Å²) in [4.78, 5) is 2.93. The van der Waals surface area contributed by atoms with Crippen LogP contribution >= 0.6 is 11.3 Å². The summed E-state index contributed by atoms with van der Waals surface area (Å²) in [7, 11) is 0. The van der Waals surface area contributed by atoms with Gasteiger partial charge >= 0.3 is 0 Å². The van der Waals surface area contributed by atoms with Gasteiger partial charge in [0.2, 0.25) is 0 Å². The number of hydrogen-bond donors (Lipinski definition) is 2. The first-order valence-corrected chi connectivity index (χ1v) is 8.26. The molecule has 1 atom stereocenters. The minimum atomic E-state index is -0.455. The Bertz CT molecular complexity index is 373. The van der Waals surface area contributed by atoms with E-state index in [-0.39, 0.29) is 0 Å². The number of thiophene rings is 1. The van der Waals surface area contributed by atoms with Crippen molar-refractivity contribution in [2.24, 2.45) is 0 Å². The molecule has 1 aromatic heterocycles. The predicted octanol–water partition coefficient (Wildman–Crippen LogP) is 1.74. The fourth-order valence-corrected chi connectivity index (χ4v) is 3.61. The zero-order valence-corrected chi connectivity index (χ0v) is 13.0. The predicted molar refractivity (Wildman–Crippen MR) is 81.4 cm³/mol. The second-order valence-electron chi connectivity index (χ2n) is 5.07. The molecule has 0 bridgehead atoms. The van der Waals surface area contributed by atoms with Gasteiger partial charge in [0.25, 0.3) is 0 Å². The van der Waals surface area contributed by atoms with Crippen molar-refractivity contribution in [1.82, 2.24) is 5.32 Å². The number of hydrogen-bond acceptors (Lipinski definition) is 5. The Hall–Kier alpha value is -0.460. The van der Waals surface area contributed by atoms with Crippen molar-refractivity contribution in [3.05, 3.63) is 21.4 Å². The van der Waals surface area contributed by atoms with Crippen LogP contribution in [0.5, 0.6) is 0 Å². The molecule has 5 heteroatoms. The minimum Gasteiger partial charge on any atom is -0.389 e. The molecule has 1 aromatic rings. The van der Waals surface area contributed by atoms with Gasteiger partial charge in [-0.2, -0.15) is 0 Å². The highest BCUT2D eigenvalue weighted by atomic mass is 32.1. The van der Waals surface area contributed by atoms with Crippen LogP contribution < -0.4 is 5.32 Å². The summed E-state index contributed by atoms with van der Waals surface area (Å²) < 4.78 is 10.5. The number of ether oxygens (including phenoxy) is 2. The first-order chi connectivity index (χ1) is 9.79. The summed E-state index contributed by atoms with van der Waals surface area (Å²) in [5.74, 6) is 0. The largest absolute Gasteiger partial charge is 0.389 e. The van der Waals surface area contributed by atoms with Crippen LogP contribution in [0.4, 0.5) is 0 Å². The summed E-state index contributed by atoms with van der Waals surface area (Å²) in [6.45, 7) is 5.57. The molecule has 0 aromatic carbocycles. The molecule has 114 valence electrons. The number of rotatable bonds is 10. The van der Waals surface area contributed by atoms with Crippen LogP contribution in [0.25, 0.3) is 0 Å². The minimum absolute atomic E-state index is 0.362. The van der Waals surface area contributed by atoms with Crippen molar-refractivity contribution in [3.8, 4) is 0 Å². The molecule has 0 amide bonds. The second-order valence-corrected chi connectivity index (χ2v) is 6.29. The number of nitrogens with one attached hydrogen (secondary N) is 1. The van der Waals surface area contributed by atoms with E-state index >= 15 is 0 Å². The highest BCUT2D eigenvalue weighted by Gasteiger charge is 2.14. The third kappa shape index (κ3) is 5.14. The van der Waals surface area contributed by atoms with E-state index < -0.39 is 6.10 Å². The molecule has 0 saturated carbocycles. The van der Waals surface area contributed by atoms with Crippen LogP contribution in [0.15, 0.2) is 6.07 Å². The van der Waals surface area contributed by atoms with Gasteiger partial charge in [-0.25, -0.2) is 0 Å². The molecule has 2 N–H and O–H groups in total. The summed E-state index contributed by atoms with van der Waals surface area (Å²) in [5, 5.41) is 13.1. The van der Waals surface area contributed by atoms with Crippen LogP contribution in [0.1, 0.15) is 28.7 Å². The van der Waals surface area contributed by atoms with Crippen molar-refractivity contribution in [2.45, 2.75) is 38.8 Å². The Kier molecular flexibility index (Phi) is 6.96. The number of aliphatic hydroxyl groups excluding tert-OH is 1. The third-order valence-electron chi connectivity index (χ3n) is 3.36. The lowest BCUT2D eigenvalue weighted by atomic mass is 10.2. The molecular formula is C15H25NO3S. The van der Waals surface area contributed by atoms with Crippen LogP contribution in [-0.2, 0) is 28.9 Å².